The Morgan fingerprint density at radius 1 is 1.25 bits per heavy atom. The lowest BCUT2D eigenvalue weighted by atomic mass is 10.2. The Kier molecular flexibility index (Phi) is 4.22. The van der Waals surface area contributed by atoms with Gasteiger partial charge in [0, 0.05) is 19.0 Å². The topological polar surface area (TPSA) is 32.3 Å². The van der Waals surface area contributed by atoms with Crippen molar-refractivity contribution < 1.29 is 4.79 Å². The monoisotopic (exact) mass is 224 g/mol. The average molecular weight is 224 g/mol. The number of likely N-dealkylation sites (tertiary alicyclic amines) is 1. The van der Waals surface area contributed by atoms with E-state index in [1.54, 1.807) is 0 Å². The van der Waals surface area contributed by atoms with Gasteiger partial charge in [0.2, 0.25) is 5.91 Å². The zero-order valence-corrected chi connectivity index (χ0v) is 10.4. The van der Waals surface area contributed by atoms with Crippen LogP contribution in [0.4, 0.5) is 0 Å². The molecule has 1 aliphatic heterocycles. The summed E-state index contributed by atoms with van der Waals surface area (Å²) in [5, 5.41) is 3.06. The van der Waals surface area contributed by atoms with Crippen molar-refractivity contribution in [1.29, 1.82) is 0 Å². The van der Waals surface area contributed by atoms with Crippen LogP contribution in [0.5, 0.6) is 0 Å². The van der Waals surface area contributed by atoms with Crippen molar-refractivity contribution >= 4 is 5.91 Å². The molecule has 1 saturated heterocycles. The smallest absolute Gasteiger partial charge is 0.223 e. The summed E-state index contributed by atoms with van der Waals surface area (Å²) in [6.07, 6.45) is 6.50. The molecule has 0 bridgehead atoms. The minimum Gasteiger partial charge on any atom is -0.355 e. The predicted octanol–water partition coefficient (Wildman–Crippen LogP) is 1.63. The SMILES string of the molecule is CC1CC1C(=O)NCCN1CCCCCC1. The van der Waals surface area contributed by atoms with E-state index in [0.717, 1.165) is 19.5 Å². The molecule has 2 rings (SSSR count). The summed E-state index contributed by atoms with van der Waals surface area (Å²) < 4.78 is 0. The molecule has 2 atom stereocenters. The molecule has 3 nitrogen and oxygen atoms in total. The van der Waals surface area contributed by atoms with Gasteiger partial charge in [-0.25, -0.2) is 0 Å². The number of rotatable bonds is 4. The van der Waals surface area contributed by atoms with E-state index in [1.165, 1.54) is 38.8 Å². The van der Waals surface area contributed by atoms with Crippen LogP contribution >= 0.6 is 0 Å². The molecule has 0 aromatic rings. The van der Waals surface area contributed by atoms with E-state index in [0.29, 0.717) is 11.8 Å². The summed E-state index contributed by atoms with van der Waals surface area (Å²) in [6, 6.07) is 0. The van der Waals surface area contributed by atoms with Gasteiger partial charge >= 0.3 is 0 Å². The second-order valence-corrected chi connectivity index (χ2v) is 5.37. The van der Waals surface area contributed by atoms with Gasteiger partial charge in [0.15, 0.2) is 0 Å². The van der Waals surface area contributed by atoms with Crippen molar-refractivity contribution in [1.82, 2.24) is 10.2 Å². The van der Waals surface area contributed by atoms with Crippen LogP contribution in [-0.4, -0.2) is 37.0 Å². The van der Waals surface area contributed by atoms with Gasteiger partial charge in [0.1, 0.15) is 0 Å². The Morgan fingerprint density at radius 3 is 2.44 bits per heavy atom. The Hall–Kier alpha value is -0.570. The number of hydrogen-bond donors (Lipinski definition) is 1. The van der Waals surface area contributed by atoms with Crippen molar-refractivity contribution in [2.24, 2.45) is 11.8 Å². The number of nitrogens with zero attached hydrogens (tertiary/aromatic N) is 1. The first-order valence-corrected chi connectivity index (χ1v) is 6.77. The van der Waals surface area contributed by atoms with Crippen LogP contribution in [-0.2, 0) is 4.79 Å². The number of carbonyl (C=O) groups is 1. The van der Waals surface area contributed by atoms with Gasteiger partial charge in [0.05, 0.1) is 0 Å². The van der Waals surface area contributed by atoms with Crippen LogP contribution in [0.15, 0.2) is 0 Å². The highest BCUT2D eigenvalue weighted by Gasteiger charge is 2.38. The summed E-state index contributed by atoms with van der Waals surface area (Å²) >= 11 is 0. The third-order valence-electron chi connectivity index (χ3n) is 3.87. The zero-order chi connectivity index (χ0) is 11.4. The molecule has 92 valence electrons. The maximum atomic E-state index is 11.6. The van der Waals surface area contributed by atoms with Crippen LogP contribution in [0, 0.1) is 11.8 Å². The standard InChI is InChI=1S/C13H24N2O/c1-11-10-12(11)13(16)14-6-9-15-7-4-2-3-5-8-15/h11-12H,2-10H2,1H3,(H,14,16). The van der Waals surface area contributed by atoms with E-state index in [9.17, 15) is 4.79 Å². The van der Waals surface area contributed by atoms with Crippen LogP contribution in [0.2, 0.25) is 0 Å². The first-order valence-electron chi connectivity index (χ1n) is 6.77. The van der Waals surface area contributed by atoms with Crippen LogP contribution in [0.25, 0.3) is 0 Å². The van der Waals surface area contributed by atoms with Gasteiger partial charge in [-0.3, -0.25) is 4.79 Å². The highest BCUT2D eigenvalue weighted by Crippen LogP contribution is 2.37. The lowest BCUT2D eigenvalue weighted by Gasteiger charge is -2.19. The van der Waals surface area contributed by atoms with E-state index < -0.39 is 0 Å². The third kappa shape index (κ3) is 3.48. The van der Waals surface area contributed by atoms with E-state index in [4.69, 9.17) is 0 Å². The van der Waals surface area contributed by atoms with E-state index >= 15 is 0 Å². The van der Waals surface area contributed by atoms with Crippen molar-refractivity contribution in [3.63, 3.8) is 0 Å². The molecule has 1 aliphatic carbocycles. The maximum absolute atomic E-state index is 11.6. The van der Waals surface area contributed by atoms with Crippen molar-refractivity contribution in [3.05, 3.63) is 0 Å². The summed E-state index contributed by atoms with van der Waals surface area (Å²) in [7, 11) is 0. The lowest BCUT2D eigenvalue weighted by Crippen LogP contribution is -2.36. The van der Waals surface area contributed by atoms with E-state index in [2.05, 4.69) is 17.1 Å². The van der Waals surface area contributed by atoms with Crippen LogP contribution in [0.1, 0.15) is 39.0 Å². The lowest BCUT2D eigenvalue weighted by molar-refractivity contribution is -0.122. The molecule has 0 spiro atoms. The summed E-state index contributed by atoms with van der Waals surface area (Å²) in [5.41, 5.74) is 0. The predicted molar refractivity (Wildman–Crippen MR) is 65.2 cm³/mol. The minimum absolute atomic E-state index is 0.280. The van der Waals surface area contributed by atoms with E-state index in [1.807, 2.05) is 0 Å². The molecule has 2 fully saturated rings. The normalized spacial score (nSPS) is 30.8. The van der Waals surface area contributed by atoms with Crippen LogP contribution in [0.3, 0.4) is 0 Å². The highest BCUT2D eigenvalue weighted by atomic mass is 16.2. The molecule has 16 heavy (non-hydrogen) atoms. The summed E-state index contributed by atoms with van der Waals surface area (Å²) in [5.74, 6) is 1.23. The second-order valence-electron chi connectivity index (χ2n) is 5.37. The molecule has 1 heterocycles. The largest absolute Gasteiger partial charge is 0.355 e. The fourth-order valence-corrected chi connectivity index (χ4v) is 2.52. The number of amides is 1. The fourth-order valence-electron chi connectivity index (χ4n) is 2.52. The summed E-state index contributed by atoms with van der Waals surface area (Å²) in [6.45, 7) is 6.46. The van der Waals surface area contributed by atoms with E-state index in [-0.39, 0.29) is 5.91 Å². The van der Waals surface area contributed by atoms with Gasteiger partial charge in [-0.05, 0) is 38.3 Å². The Bertz CT molecular complexity index is 234. The van der Waals surface area contributed by atoms with Crippen molar-refractivity contribution in [3.8, 4) is 0 Å². The molecule has 0 aromatic heterocycles. The van der Waals surface area contributed by atoms with Gasteiger partial charge in [0.25, 0.3) is 0 Å². The van der Waals surface area contributed by atoms with Crippen molar-refractivity contribution in [2.45, 2.75) is 39.0 Å². The molecule has 3 heteroatoms. The zero-order valence-electron chi connectivity index (χ0n) is 10.4. The second kappa shape index (κ2) is 5.67. The van der Waals surface area contributed by atoms with Gasteiger partial charge < -0.3 is 10.2 Å². The number of carbonyl (C=O) groups excluding carboxylic acids is 1. The summed E-state index contributed by atoms with van der Waals surface area (Å²) in [4.78, 5) is 14.1. The quantitative estimate of drug-likeness (QED) is 0.787. The molecule has 0 radical (unpaired) electrons. The number of hydrogen-bond acceptors (Lipinski definition) is 2. The minimum atomic E-state index is 0.280. The van der Waals surface area contributed by atoms with Crippen LogP contribution < -0.4 is 5.32 Å². The first-order chi connectivity index (χ1) is 7.77. The highest BCUT2D eigenvalue weighted by molar-refractivity contribution is 5.81. The van der Waals surface area contributed by atoms with Gasteiger partial charge in [-0.2, -0.15) is 0 Å². The Labute approximate surface area is 98.6 Å². The average Bonchev–Trinajstić information content (AvgIpc) is 3.02. The molecular formula is C13H24N2O. The first kappa shape index (κ1) is 11.9. The Morgan fingerprint density at radius 2 is 1.88 bits per heavy atom. The molecule has 1 N–H and O–H groups in total. The molecule has 2 aliphatic rings. The van der Waals surface area contributed by atoms with Gasteiger partial charge in [-0.15, -0.1) is 0 Å². The maximum Gasteiger partial charge on any atom is 0.223 e. The molecule has 1 amide bonds. The third-order valence-corrected chi connectivity index (χ3v) is 3.87. The molecule has 2 unspecified atom stereocenters. The number of nitrogens with one attached hydrogen (secondary N) is 1. The molecule has 1 saturated carbocycles. The Balaban J connectivity index is 1.58. The molecular weight excluding hydrogens is 200 g/mol. The van der Waals surface area contributed by atoms with Gasteiger partial charge in [-0.1, -0.05) is 19.8 Å². The molecule has 0 aromatic carbocycles. The van der Waals surface area contributed by atoms with Crippen molar-refractivity contribution in [2.75, 3.05) is 26.2 Å². The fraction of sp³-hybridized carbons (Fsp3) is 0.923.